The van der Waals surface area contributed by atoms with E-state index in [2.05, 4.69) is 27.3 Å². The Bertz CT molecular complexity index is 491. The molecule has 17 heavy (non-hydrogen) atoms. The summed E-state index contributed by atoms with van der Waals surface area (Å²) in [5.41, 5.74) is 2.09. The second-order valence-electron chi connectivity index (χ2n) is 3.82. The third-order valence-corrected chi connectivity index (χ3v) is 2.73. The van der Waals surface area contributed by atoms with Crippen molar-refractivity contribution in [1.29, 1.82) is 0 Å². The van der Waals surface area contributed by atoms with Gasteiger partial charge in [0.05, 0.1) is 17.4 Å². The van der Waals surface area contributed by atoms with Gasteiger partial charge >= 0.3 is 0 Å². The van der Waals surface area contributed by atoms with Crippen LogP contribution in [0, 0.1) is 6.92 Å². The number of hydrogen-bond acceptors (Lipinski definition) is 4. The van der Waals surface area contributed by atoms with Crippen molar-refractivity contribution >= 4 is 0 Å². The first-order chi connectivity index (χ1) is 8.26. The SMILES string of the molecule is CCn1nccc1C(NC)c1ccnc(C)n1. The van der Waals surface area contributed by atoms with Crippen LogP contribution < -0.4 is 5.32 Å². The number of nitrogens with one attached hydrogen (secondary N) is 1. The normalized spacial score (nSPS) is 12.6. The monoisotopic (exact) mass is 231 g/mol. The van der Waals surface area contributed by atoms with E-state index in [9.17, 15) is 0 Å². The van der Waals surface area contributed by atoms with Gasteiger partial charge < -0.3 is 5.32 Å². The highest BCUT2D eigenvalue weighted by Crippen LogP contribution is 2.19. The predicted octanol–water partition coefficient (Wildman–Crippen LogP) is 1.31. The van der Waals surface area contributed by atoms with Crippen molar-refractivity contribution in [3.05, 3.63) is 41.7 Å². The number of rotatable bonds is 4. The second-order valence-corrected chi connectivity index (χ2v) is 3.82. The average molecular weight is 231 g/mol. The van der Waals surface area contributed by atoms with Crippen molar-refractivity contribution in [3.8, 4) is 0 Å². The second kappa shape index (κ2) is 5.05. The van der Waals surface area contributed by atoms with Crippen molar-refractivity contribution in [2.24, 2.45) is 0 Å². The zero-order valence-corrected chi connectivity index (χ0v) is 10.4. The molecule has 0 amide bonds. The maximum Gasteiger partial charge on any atom is 0.125 e. The number of aromatic nitrogens is 4. The Morgan fingerprint density at radius 2 is 2.18 bits per heavy atom. The zero-order chi connectivity index (χ0) is 12.3. The van der Waals surface area contributed by atoms with Gasteiger partial charge in [-0.15, -0.1) is 0 Å². The predicted molar refractivity (Wildman–Crippen MR) is 65.6 cm³/mol. The molecule has 1 atom stereocenters. The van der Waals surface area contributed by atoms with Gasteiger partial charge in [-0.3, -0.25) is 4.68 Å². The summed E-state index contributed by atoms with van der Waals surface area (Å²) in [5, 5.41) is 7.56. The summed E-state index contributed by atoms with van der Waals surface area (Å²) in [7, 11) is 1.93. The Morgan fingerprint density at radius 1 is 1.35 bits per heavy atom. The molecule has 2 rings (SSSR count). The van der Waals surface area contributed by atoms with E-state index in [1.165, 1.54) is 0 Å². The summed E-state index contributed by atoms with van der Waals surface area (Å²) >= 11 is 0. The molecule has 0 fully saturated rings. The van der Waals surface area contributed by atoms with E-state index in [0.717, 1.165) is 23.8 Å². The van der Waals surface area contributed by atoms with Crippen molar-refractivity contribution in [3.63, 3.8) is 0 Å². The smallest absolute Gasteiger partial charge is 0.125 e. The molecular weight excluding hydrogens is 214 g/mol. The molecule has 2 aromatic rings. The van der Waals surface area contributed by atoms with Gasteiger partial charge in [-0.05, 0) is 33.0 Å². The zero-order valence-electron chi connectivity index (χ0n) is 10.4. The Morgan fingerprint density at radius 3 is 2.82 bits per heavy atom. The van der Waals surface area contributed by atoms with Crippen LogP contribution in [0.5, 0.6) is 0 Å². The molecule has 1 N–H and O–H groups in total. The van der Waals surface area contributed by atoms with E-state index in [0.29, 0.717) is 0 Å². The summed E-state index contributed by atoms with van der Waals surface area (Å²) in [6.07, 6.45) is 3.60. The lowest BCUT2D eigenvalue weighted by Crippen LogP contribution is -2.22. The summed E-state index contributed by atoms with van der Waals surface area (Å²) in [6.45, 7) is 4.83. The first-order valence-corrected chi connectivity index (χ1v) is 5.74. The van der Waals surface area contributed by atoms with Crippen LogP contribution in [0.3, 0.4) is 0 Å². The molecule has 0 bridgehead atoms. The molecule has 2 heterocycles. The molecule has 90 valence electrons. The number of nitrogens with zero attached hydrogens (tertiary/aromatic N) is 4. The first-order valence-electron chi connectivity index (χ1n) is 5.74. The van der Waals surface area contributed by atoms with Crippen molar-refractivity contribution in [1.82, 2.24) is 25.1 Å². The van der Waals surface area contributed by atoms with Crippen LogP contribution in [-0.2, 0) is 6.54 Å². The van der Waals surface area contributed by atoms with E-state index in [1.807, 2.05) is 37.0 Å². The number of hydrogen-bond donors (Lipinski definition) is 1. The molecule has 0 saturated heterocycles. The fraction of sp³-hybridized carbons (Fsp3) is 0.417. The third-order valence-electron chi connectivity index (χ3n) is 2.73. The molecule has 5 nitrogen and oxygen atoms in total. The Labute approximate surface area is 101 Å². The van der Waals surface area contributed by atoms with Gasteiger partial charge in [0, 0.05) is 18.9 Å². The van der Waals surface area contributed by atoms with Crippen molar-refractivity contribution in [2.45, 2.75) is 26.4 Å². The first kappa shape index (κ1) is 11.7. The Balaban J connectivity index is 2.40. The summed E-state index contributed by atoms with van der Waals surface area (Å²) in [5.74, 6) is 0.783. The van der Waals surface area contributed by atoms with Crippen LogP contribution in [-0.4, -0.2) is 26.8 Å². The molecule has 2 aromatic heterocycles. The molecule has 0 aliphatic carbocycles. The maximum atomic E-state index is 4.46. The van der Waals surface area contributed by atoms with Gasteiger partial charge in [0.25, 0.3) is 0 Å². The lowest BCUT2D eigenvalue weighted by Gasteiger charge is -2.17. The summed E-state index contributed by atoms with van der Waals surface area (Å²) in [4.78, 5) is 8.58. The maximum absolute atomic E-state index is 4.46. The van der Waals surface area contributed by atoms with E-state index in [4.69, 9.17) is 0 Å². The lowest BCUT2D eigenvalue weighted by molar-refractivity contribution is 0.554. The molecule has 0 radical (unpaired) electrons. The minimum atomic E-state index is 0.0548. The average Bonchev–Trinajstić information content (AvgIpc) is 2.78. The molecule has 1 unspecified atom stereocenters. The van der Waals surface area contributed by atoms with Crippen LogP contribution in [0.4, 0.5) is 0 Å². The molecule has 0 saturated carbocycles. The van der Waals surface area contributed by atoms with Crippen LogP contribution in [0.15, 0.2) is 24.5 Å². The van der Waals surface area contributed by atoms with Crippen LogP contribution in [0.2, 0.25) is 0 Å². The molecule has 5 heteroatoms. The van der Waals surface area contributed by atoms with Gasteiger partial charge in [-0.1, -0.05) is 0 Å². The molecule has 0 aliphatic heterocycles. The largest absolute Gasteiger partial charge is 0.307 e. The molecule has 0 aromatic carbocycles. The minimum absolute atomic E-state index is 0.0548. The highest BCUT2D eigenvalue weighted by atomic mass is 15.3. The topological polar surface area (TPSA) is 55.6 Å². The highest BCUT2D eigenvalue weighted by molar-refractivity contribution is 5.21. The Kier molecular flexibility index (Phi) is 3.49. The third kappa shape index (κ3) is 2.34. The quantitative estimate of drug-likeness (QED) is 0.862. The van der Waals surface area contributed by atoms with E-state index < -0.39 is 0 Å². The van der Waals surface area contributed by atoms with Gasteiger partial charge in [-0.2, -0.15) is 5.10 Å². The van der Waals surface area contributed by atoms with Gasteiger partial charge in [0.2, 0.25) is 0 Å². The van der Waals surface area contributed by atoms with E-state index >= 15 is 0 Å². The fourth-order valence-corrected chi connectivity index (χ4v) is 1.93. The fourth-order valence-electron chi connectivity index (χ4n) is 1.93. The van der Waals surface area contributed by atoms with Crippen LogP contribution in [0.25, 0.3) is 0 Å². The summed E-state index contributed by atoms with van der Waals surface area (Å²) < 4.78 is 1.97. The summed E-state index contributed by atoms with van der Waals surface area (Å²) in [6, 6.07) is 4.00. The van der Waals surface area contributed by atoms with Crippen molar-refractivity contribution < 1.29 is 0 Å². The van der Waals surface area contributed by atoms with E-state index in [-0.39, 0.29) is 6.04 Å². The molecule has 0 spiro atoms. The van der Waals surface area contributed by atoms with Crippen LogP contribution >= 0.6 is 0 Å². The van der Waals surface area contributed by atoms with E-state index in [1.54, 1.807) is 6.20 Å². The standard InChI is InChI=1S/C12H17N5/c1-4-17-11(6-8-15-17)12(13-3)10-5-7-14-9(2)16-10/h5-8,12-13H,4H2,1-3H3. The van der Waals surface area contributed by atoms with Crippen LogP contribution in [0.1, 0.15) is 30.2 Å². The van der Waals surface area contributed by atoms with Crippen molar-refractivity contribution in [2.75, 3.05) is 7.05 Å². The minimum Gasteiger partial charge on any atom is -0.307 e. The molecule has 0 aliphatic rings. The number of aryl methyl sites for hydroxylation is 2. The van der Waals surface area contributed by atoms with Gasteiger partial charge in [0.1, 0.15) is 5.82 Å². The molecular formula is C12H17N5. The van der Waals surface area contributed by atoms with Gasteiger partial charge in [0.15, 0.2) is 0 Å². The lowest BCUT2D eigenvalue weighted by atomic mass is 10.1. The highest BCUT2D eigenvalue weighted by Gasteiger charge is 2.17. The Hall–Kier alpha value is -1.75. The van der Waals surface area contributed by atoms with Gasteiger partial charge in [-0.25, -0.2) is 9.97 Å².